The molecule has 1 amide bonds. The molecule has 1 N–H and O–H groups in total. The number of anilines is 1. The van der Waals surface area contributed by atoms with Crippen molar-refractivity contribution in [1.82, 2.24) is 14.8 Å². The second-order valence-electron chi connectivity index (χ2n) is 5.82. The molecule has 2 saturated heterocycles. The first-order chi connectivity index (χ1) is 10.0. The third-order valence-corrected chi connectivity index (χ3v) is 4.29. The maximum absolute atomic E-state index is 12.1. The molecular formula is C14H19BrN4O2. The topological polar surface area (TPSA) is 57.7 Å². The quantitative estimate of drug-likeness (QED) is 0.869. The van der Waals surface area contributed by atoms with Crippen molar-refractivity contribution >= 4 is 27.7 Å². The molecule has 21 heavy (non-hydrogen) atoms. The average molecular weight is 355 g/mol. The molecule has 1 aromatic heterocycles. The van der Waals surface area contributed by atoms with E-state index in [0.717, 1.165) is 30.7 Å². The van der Waals surface area contributed by atoms with Crippen molar-refractivity contribution in [3.8, 4) is 0 Å². The number of likely N-dealkylation sites (N-methyl/N-ethyl adjacent to an activating group) is 1. The van der Waals surface area contributed by atoms with Gasteiger partial charge in [0.25, 0.3) is 0 Å². The first-order valence-corrected chi connectivity index (χ1v) is 7.80. The van der Waals surface area contributed by atoms with Crippen molar-refractivity contribution in [2.24, 2.45) is 0 Å². The van der Waals surface area contributed by atoms with E-state index in [0.29, 0.717) is 19.0 Å². The summed E-state index contributed by atoms with van der Waals surface area (Å²) >= 11 is 3.37. The lowest BCUT2D eigenvalue weighted by molar-refractivity contribution is -0.177. The van der Waals surface area contributed by atoms with E-state index in [1.54, 1.807) is 12.3 Å². The zero-order chi connectivity index (χ0) is 14.9. The molecule has 6 nitrogen and oxygen atoms in total. The number of carbonyl (C=O) groups excluding carboxylic acids is 1. The molecule has 0 radical (unpaired) electrons. The second-order valence-corrected chi connectivity index (χ2v) is 6.74. The summed E-state index contributed by atoms with van der Waals surface area (Å²) in [6, 6.07) is 3.62. The van der Waals surface area contributed by atoms with Crippen LogP contribution < -0.4 is 5.32 Å². The lowest BCUT2D eigenvalue weighted by atomic mass is 9.92. The third-order valence-electron chi connectivity index (χ3n) is 3.80. The highest BCUT2D eigenvalue weighted by Gasteiger charge is 2.45. The van der Waals surface area contributed by atoms with Gasteiger partial charge in [0, 0.05) is 36.8 Å². The monoisotopic (exact) mass is 354 g/mol. The number of amides is 1. The maximum Gasteiger partial charge on any atom is 0.239 e. The number of rotatable bonds is 3. The van der Waals surface area contributed by atoms with E-state index in [-0.39, 0.29) is 11.5 Å². The summed E-state index contributed by atoms with van der Waals surface area (Å²) in [5.74, 6) is 0.533. The van der Waals surface area contributed by atoms with Gasteiger partial charge in [-0.15, -0.1) is 0 Å². The first kappa shape index (κ1) is 14.9. The molecule has 2 aliphatic heterocycles. The van der Waals surface area contributed by atoms with E-state index in [1.165, 1.54) is 0 Å². The summed E-state index contributed by atoms with van der Waals surface area (Å²) in [4.78, 5) is 20.6. The largest absolute Gasteiger partial charge is 0.370 e. The maximum atomic E-state index is 12.1. The molecule has 1 spiro atoms. The van der Waals surface area contributed by atoms with Gasteiger partial charge in [-0.1, -0.05) is 15.9 Å². The van der Waals surface area contributed by atoms with Crippen LogP contribution in [-0.4, -0.2) is 72.7 Å². The summed E-state index contributed by atoms with van der Waals surface area (Å²) in [6.45, 7) is 4.57. The normalized spacial score (nSPS) is 22.0. The van der Waals surface area contributed by atoms with Gasteiger partial charge in [0.15, 0.2) is 0 Å². The van der Waals surface area contributed by atoms with Gasteiger partial charge in [-0.05, 0) is 19.2 Å². The fraction of sp³-hybridized carbons (Fsp3) is 0.571. The second kappa shape index (κ2) is 6.00. The minimum absolute atomic E-state index is 0.0367. The van der Waals surface area contributed by atoms with Crippen molar-refractivity contribution in [3.05, 3.63) is 22.8 Å². The molecule has 0 atom stereocenters. The number of pyridine rings is 1. The molecule has 114 valence electrons. The van der Waals surface area contributed by atoms with E-state index in [1.807, 2.05) is 6.07 Å². The SMILES string of the molecule is CN1CC2(C1)CN(CC(=O)Nc1cc(Br)ccn1)CCO2. The molecule has 0 bridgehead atoms. The zero-order valence-electron chi connectivity index (χ0n) is 12.0. The Morgan fingerprint density at radius 1 is 1.52 bits per heavy atom. The molecule has 2 aliphatic rings. The van der Waals surface area contributed by atoms with Crippen LogP contribution in [0.4, 0.5) is 5.82 Å². The molecule has 3 heterocycles. The zero-order valence-corrected chi connectivity index (χ0v) is 13.6. The van der Waals surface area contributed by atoms with Gasteiger partial charge < -0.3 is 15.0 Å². The Balaban J connectivity index is 1.53. The highest BCUT2D eigenvalue weighted by molar-refractivity contribution is 9.10. The number of morpholine rings is 1. The highest BCUT2D eigenvalue weighted by atomic mass is 79.9. The Bertz CT molecular complexity index is 528. The van der Waals surface area contributed by atoms with Crippen molar-refractivity contribution < 1.29 is 9.53 Å². The molecule has 7 heteroatoms. The number of halogens is 1. The summed E-state index contributed by atoms with van der Waals surface area (Å²) in [5, 5.41) is 2.83. The standard InChI is InChI=1S/C14H19BrN4O2/c1-18-8-14(9-18)10-19(4-5-21-14)7-13(20)17-12-6-11(15)2-3-16-12/h2-3,6H,4-5,7-10H2,1H3,(H,16,17,20). The minimum atomic E-state index is -0.0681. The van der Waals surface area contributed by atoms with E-state index >= 15 is 0 Å². The van der Waals surface area contributed by atoms with Gasteiger partial charge in [0.1, 0.15) is 11.4 Å². The van der Waals surface area contributed by atoms with Crippen LogP contribution in [0.2, 0.25) is 0 Å². The first-order valence-electron chi connectivity index (χ1n) is 7.01. The Morgan fingerprint density at radius 2 is 2.33 bits per heavy atom. The number of nitrogens with zero attached hydrogens (tertiary/aromatic N) is 3. The van der Waals surface area contributed by atoms with E-state index in [9.17, 15) is 4.79 Å². The number of aromatic nitrogens is 1. The van der Waals surface area contributed by atoms with Gasteiger partial charge >= 0.3 is 0 Å². The van der Waals surface area contributed by atoms with Crippen LogP contribution in [0, 0.1) is 0 Å². The predicted octanol–water partition coefficient (Wildman–Crippen LogP) is 0.799. The summed E-state index contributed by atoms with van der Waals surface area (Å²) in [7, 11) is 2.08. The van der Waals surface area contributed by atoms with Crippen molar-refractivity contribution in [2.75, 3.05) is 51.7 Å². The minimum Gasteiger partial charge on any atom is -0.370 e. The molecule has 0 aromatic carbocycles. The van der Waals surface area contributed by atoms with Crippen LogP contribution in [-0.2, 0) is 9.53 Å². The third kappa shape index (κ3) is 3.60. The van der Waals surface area contributed by atoms with Crippen LogP contribution in [0.3, 0.4) is 0 Å². The number of hydrogen-bond donors (Lipinski definition) is 1. The van der Waals surface area contributed by atoms with Crippen LogP contribution in [0.1, 0.15) is 0 Å². The van der Waals surface area contributed by atoms with Crippen LogP contribution in [0.15, 0.2) is 22.8 Å². The molecule has 1 aromatic rings. The van der Waals surface area contributed by atoms with Gasteiger partial charge in [-0.3, -0.25) is 9.69 Å². The number of ether oxygens (including phenoxy) is 1. The van der Waals surface area contributed by atoms with Crippen LogP contribution in [0.5, 0.6) is 0 Å². The summed E-state index contributed by atoms with van der Waals surface area (Å²) < 4.78 is 6.78. The lowest BCUT2D eigenvalue weighted by Crippen LogP contribution is -2.69. The Kier molecular flexibility index (Phi) is 4.26. The Labute approximate surface area is 132 Å². The Morgan fingerprint density at radius 3 is 3.05 bits per heavy atom. The van der Waals surface area contributed by atoms with Gasteiger partial charge in [-0.25, -0.2) is 4.98 Å². The molecule has 0 aliphatic carbocycles. The summed E-state index contributed by atoms with van der Waals surface area (Å²) in [6.07, 6.45) is 1.66. The van der Waals surface area contributed by atoms with Crippen molar-refractivity contribution in [1.29, 1.82) is 0 Å². The van der Waals surface area contributed by atoms with E-state index < -0.39 is 0 Å². The molecule has 0 unspecified atom stereocenters. The molecular weight excluding hydrogens is 336 g/mol. The van der Waals surface area contributed by atoms with E-state index in [4.69, 9.17) is 4.74 Å². The molecule has 0 saturated carbocycles. The number of carbonyl (C=O) groups is 1. The smallest absolute Gasteiger partial charge is 0.239 e. The van der Waals surface area contributed by atoms with Gasteiger partial charge in [0.05, 0.1) is 13.2 Å². The fourth-order valence-electron chi connectivity index (χ4n) is 3.05. The van der Waals surface area contributed by atoms with Crippen molar-refractivity contribution in [2.45, 2.75) is 5.60 Å². The van der Waals surface area contributed by atoms with Crippen LogP contribution >= 0.6 is 15.9 Å². The fourth-order valence-corrected chi connectivity index (χ4v) is 3.38. The van der Waals surface area contributed by atoms with Gasteiger partial charge in [-0.2, -0.15) is 0 Å². The predicted molar refractivity (Wildman–Crippen MR) is 83.2 cm³/mol. The molecule has 3 rings (SSSR count). The lowest BCUT2D eigenvalue weighted by Gasteiger charge is -2.52. The van der Waals surface area contributed by atoms with Gasteiger partial charge in [0.2, 0.25) is 5.91 Å². The molecule has 2 fully saturated rings. The number of nitrogens with one attached hydrogen (secondary N) is 1. The highest BCUT2D eigenvalue weighted by Crippen LogP contribution is 2.27. The van der Waals surface area contributed by atoms with Crippen LogP contribution in [0.25, 0.3) is 0 Å². The number of hydrogen-bond acceptors (Lipinski definition) is 5. The van der Waals surface area contributed by atoms with Crippen molar-refractivity contribution in [3.63, 3.8) is 0 Å². The number of likely N-dealkylation sites (tertiary alicyclic amines) is 1. The Hall–Kier alpha value is -1.02. The van der Waals surface area contributed by atoms with E-state index in [2.05, 4.69) is 43.1 Å². The average Bonchev–Trinajstić information content (AvgIpc) is 2.37. The summed E-state index contributed by atoms with van der Waals surface area (Å²) in [5.41, 5.74) is -0.0681.